The minimum absolute atomic E-state index is 0.0512. The molecule has 1 aliphatic rings. The standard InChI is InChI=1S/C69H120O12/c1-4-7-10-13-16-19-22-25-28-30-31-33-35-37-40-43-46-49-52-55-61(70)77-58-60(79-62(71)56-53-50-47-44-41-38-34-27-24-21-18-15-12-9-6-3)59-78-69-67(65(74)64(73)66(81-69)68(75)76)80-63(72)57-54-51-48-45-42-39-36-32-29-26-23-20-17-14-11-8-5-2/h16-17,19-20,25-26,28-29,31,33,60,64-67,69,73-74H,4-15,18,21-24,27,30,32,34-59H2,1-3H3,(H,75,76)/b19-16-,20-17-,28-25-,29-26-,33-31-. The Labute approximate surface area is 494 Å². The maximum absolute atomic E-state index is 13.2. The Bertz CT molecular complexity index is 1640. The molecule has 0 aromatic heterocycles. The fraction of sp³-hybridized carbons (Fsp3) is 0.797. The van der Waals surface area contributed by atoms with Gasteiger partial charge in [0.2, 0.25) is 0 Å². The molecule has 1 fully saturated rings. The lowest BCUT2D eigenvalue weighted by Gasteiger charge is -2.40. The second-order valence-corrected chi connectivity index (χ2v) is 22.8. The first-order chi connectivity index (χ1) is 39.6. The molecule has 0 amide bonds. The first-order valence-corrected chi connectivity index (χ1v) is 33.3. The lowest BCUT2D eigenvalue weighted by Crippen LogP contribution is -2.61. The molecule has 1 saturated heterocycles. The second-order valence-electron chi connectivity index (χ2n) is 22.8. The molecule has 1 heterocycles. The van der Waals surface area contributed by atoms with Crippen LogP contribution < -0.4 is 0 Å². The minimum atomic E-state index is -1.91. The number of esters is 3. The monoisotopic (exact) mass is 1140 g/mol. The van der Waals surface area contributed by atoms with Crippen molar-refractivity contribution in [1.82, 2.24) is 0 Å². The average Bonchev–Trinajstić information content (AvgIpc) is 3.53. The van der Waals surface area contributed by atoms with E-state index in [0.29, 0.717) is 19.3 Å². The summed E-state index contributed by atoms with van der Waals surface area (Å²) >= 11 is 0. The molecule has 12 heteroatoms. The Morgan fingerprint density at radius 2 is 0.741 bits per heavy atom. The fourth-order valence-electron chi connectivity index (χ4n) is 9.94. The summed E-state index contributed by atoms with van der Waals surface area (Å²) in [6.45, 7) is 5.97. The third kappa shape index (κ3) is 46.5. The molecule has 1 aliphatic heterocycles. The zero-order valence-corrected chi connectivity index (χ0v) is 51.8. The Hall–Kier alpha value is -3.58. The number of carboxylic acids is 1. The molecule has 468 valence electrons. The molecule has 0 spiro atoms. The van der Waals surface area contributed by atoms with Gasteiger partial charge in [0.25, 0.3) is 0 Å². The highest BCUT2D eigenvalue weighted by Gasteiger charge is 2.50. The third-order valence-electron chi connectivity index (χ3n) is 15.1. The lowest BCUT2D eigenvalue weighted by atomic mass is 9.98. The summed E-state index contributed by atoms with van der Waals surface area (Å²) in [5, 5.41) is 31.6. The van der Waals surface area contributed by atoms with Gasteiger partial charge in [-0.05, 0) is 89.9 Å². The van der Waals surface area contributed by atoms with Gasteiger partial charge in [-0.25, -0.2) is 4.79 Å². The van der Waals surface area contributed by atoms with E-state index in [1.54, 1.807) is 0 Å². The number of hydrogen-bond acceptors (Lipinski definition) is 11. The molecular formula is C69H120O12. The van der Waals surface area contributed by atoms with E-state index in [-0.39, 0.29) is 25.9 Å². The second kappa shape index (κ2) is 56.9. The SMILES string of the molecule is CCCCC/C=C\C/C=C\C/C=C\CCCCCCCCC(=O)OCC(COC1OC(C(=O)O)C(O)C(O)C1OC(=O)CCCCCCCCC/C=C\C/C=C\CCCCC)OC(=O)CCCCCCCCCCCCCCCCC. The summed E-state index contributed by atoms with van der Waals surface area (Å²) in [6, 6.07) is 0. The molecule has 6 atom stereocenters. The maximum atomic E-state index is 13.2. The first-order valence-electron chi connectivity index (χ1n) is 33.3. The van der Waals surface area contributed by atoms with Crippen molar-refractivity contribution in [3.8, 4) is 0 Å². The molecule has 0 aromatic carbocycles. The van der Waals surface area contributed by atoms with Gasteiger partial charge in [-0.3, -0.25) is 14.4 Å². The third-order valence-corrected chi connectivity index (χ3v) is 15.1. The predicted molar refractivity (Wildman–Crippen MR) is 331 cm³/mol. The van der Waals surface area contributed by atoms with E-state index in [9.17, 15) is 34.5 Å². The van der Waals surface area contributed by atoms with E-state index in [4.69, 9.17) is 23.7 Å². The van der Waals surface area contributed by atoms with Crippen LogP contribution in [0.2, 0.25) is 0 Å². The Morgan fingerprint density at radius 3 is 1.15 bits per heavy atom. The smallest absolute Gasteiger partial charge is 0.335 e. The van der Waals surface area contributed by atoms with Crippen molar-refractivity contribution in [1.29, 1.82) is 0 Å². The Morgan fingerprint density at radius 1 is 0.407 bits per heavy atom. The van der Waals surface area contributed by atoms with Crippen molar-refractivity contribution in [2.75, 3.05) is 13.2 Å². The van der Waals surface area contributed by atoms with Crippen LogP contribution in [-0.2, 0) is 42.9 Å². The number of carbonyl (C=O) groups is 4. The first kappa shape index (κ1) is 75.4. The van der Waals surface area contributed by atoms with Crippen LogP contribution in [-0.4, -0.2) is 89.2 Å². The van der Waals surface area contributed by atoms with Crippen LogP contribution in [0.5, 0.6) is 0 Å². The van der Waals surface area contributed by atoms with E-state index in [1.165, 1.54) is 116 Å². The molecule has 0 saturated carbocycles. The van der Waals surface area contributed by atoms with Gasteiger partial charge < -0.3 is 39.0 Å². The van der Waals surface area contributed by atoms with Crippen molar-refractivity contribution >= 4 is 23.9 Å². The van der Waals surface area contributed by atoms with Gasteiger partial charge in [-0.15, -0.1) is 0 Å². The van der Waals surface area contributed by atoms with Crippen LogP contribution >= 0.6 is 0 Å². The number of ether oxygens (including phenoxy) is 5. The predicted octanol–water partition coefficient (Wildman–Crippen LogP) is 17.9. The molecule has 6 unspecified atom stereocenters. The Balaban J connectivity index is 2.66. The van der Waals surface area contributed by atoms with E-state index in [2.05, 4.69) is 81.5 Å². The van der Waals surface area contributed by atoms with Crippen LogP contribution in [0.4, 0.5) is 0 Å². The number of aliphatic carboxylic acids is 1. The number of aliphatic hydroxyl groups is 2. The molecule has 0 aromatic rings. The van der Waals surface area contributed by atoms with Crippen molar-refractivity contribution in [3.05, 3.63) is 60.8 Å². The van der Waals surface area contributed by atoms with Crippen LogP contribution in [0.15, 0.2) is 60.8 Å². The zero-order chi connectivity index (χ0) is 58.9. The van der Waals surface area contributed by atoms with Gasteiger partial charge >= 0.3 is 23.9 Å². The molecule has 0 bridgehead atoms. The molecule has 0 aliphatic carbocycles. The summed E-state index contributed by atoms with van der Waals surface area (Å²) in [5.41, 5.74) is 0. The average molecular weight is 1140 g/mol. The Kier molecular flexibility index (Phi) is 53.0. The number of allylic oxidation sites excluding steroid dienone is 10. The summed E-state index contributed by atoms with van der Waals surface area (Å²) in [6.07, 6.45) is 58.8. The number of hydrogen-bond donors (Lipinski definition) is 3. The van der Waals surface area contributed by atoms with Gasteiger partial charge in [-0.1, -0.05) is 255 Å². The molecule has 81 heavy (non-hydrogen) atoms. The van der Waals surface area contributed by atoms with Gasteiger partial charge in [0.05, 0.1) is 6.61 Å². The topological polar surface area (TPSA) is 175 Å². The van der Waals surface area contributed by atoms with Crippen LogP contribution in [0.25, 0.3) is 0 Å². The number of unbranched alkanes of at least 4 members (excludes halogenated alkanes) is 33. The van der Waals surface area contributed by atoms with Crippen LogP contribution in [0.3, 0.4) is 0 Å². The quantitative estimate of drug-likeness (QED) is 0.0228. The van der Waals surface area contributed by atoms with Crippen LogP contribution in [0, 0.1) is 0 Å². The summed E-state index contributed by atoms with van der Waals surface area (Å²) in [4.78, 5) is 51.4. The van der Waals surface area contributed by atoms with Gasteiger partial charge in [-0.2, -0.15) is 0 Å². The summed E-state index contributed by atoms with van der Waals surface area (Å²) < 4.78 is 28.6. The number of rotatable bonds is 57. The van der Waals surface area contributed by atoms with Crippen LogP contribution in [0.1, 0.15) is 303 Å². The highest BCUT2D eigenvalue weighted by atomic mass is 16.7. The molecular weight excluding hydrogens is 1020 g/mol. The van der Waals surface area contributed by atoms with Crippen molar-refractivity contribution in [2.45, 2.75) is 340 Å². The van der Waals surface area contributed by atoms with Gasteiger partial charge in [0.15, 0.2) is 24.6 Å². The summed E-state index contributed by atoms with van der Waals surface area (Å²) in [7, 11) is 0. The van der Waals surface area contributed by atoms with E-state index in [0.717, 1.165) is 128 Å². The van der Waals surface area contributed by atoms with Gasteiger partial charge in [0.1, 0.15) is 18.8 Å². The number of carboxylic acid groups (broad SMARTS) is 1. The van der Waals surface area contributed by atoms with Crippen molar-refractivity contribution in [2.24, 2.45) is 0 Å². The highest BCUT2D eigenvalue weighted by molar-refractivity contribution is 5.74. The minimum Gasteiger partial charge on any atom is -0.479 e. The molecule has 12 nitrogen and oxygen atoms in total. The molecule has 1 rings (SSSR count). The fourth-order valence-corrected chi connectivity index (χ4v) is 9.94. The van der Waals surface area contributed by atoms with E-state index < -0.39 is 67.3 Å². The van der Waals surface area contributed by atoms with Crippen molar-refractivity contribution in [3.63, 3.8) is 0 Å². The van der Waals surface area contributed by atoms with Gasteiger partial charge in [0, 0.05) is 19.3 Å². The molecule has 0 radical (unpaired) electrons. The molecule has 3 N–H and O–H groups in total. The number of carbonyl (C=O) groups excluding carboxylic acids is 3. The normalized spacial score (nSPS) is 18.1. The lowest BCUT2D eigenvalue weighted by molar-refractivity contribution is -0.301. The highest BCUT2D eigenvalue weighted by Crippen LogP contribution is 2.27. The van der Waals surface area contributed by atoms with Crippen molar-refractivity contribution < 1.29 is 58.2 Å². The maximum Gasteiger partial charge on any atom is 0.335 e. The van der Waals surface area contributed by atoms with E-state index >= 15 is 0 Å². The zero-order valence-electron chi connectivity index (χ0n) is 51.8. The van der Waals surface area contributed by atoms with E-state index in [1.807, 2.05) is 0 Å². The summed E-state index contributed by atoms with van der Waals surface area (Å²) in [5.74, 6) is -3.12. The largest absolute Gasteiger partial charge is 0.479 e. The number of aliphatic hydroxyl groups excluding tert-OH is 2.